The third-order valence-electron chi connectivity index (χ3n) is 3.22. The van der Waals surface area contributed by atoms with Crippen LogP contribution < -0.4 is 0 Å². The molecule has 0 radical (unpaired) electrons. The van der Waals surface area contributed by atoms with E-state index in [-0.39, 0.29) is 0 Å². The van der Waals surface area contributed by atoms with Gasteiger partial charge < -0.3 is 0 Å². The zero-order valence-electron chi connectivity index (χ0n) is 7.46. The van der Waals surface area contributed by atoms with Crippen LogP contribution in [0.5, 0.6) is 0 Å². The first-order valence-electron chi connectivity index (χ1n) is 5.03. The molecular formula is C11H16O. The van der Waals surface area contributed by atoms with Crippen LogP contribution in [0, 0.1) is 11.8 Å². The average molecular weight is 164 g/mol. The fraction of sp³-hybridized carbons (Fsp3) is 0.727. The number of rotatable bonds is 0. The Morgan fingerprint density at radius 1 is 1.00 bits per heavy atom. The summed E-state index contributed by atoms with van der Waals surface area (Å²) in [5.41, 5.74) is 0. The molecule has 0 aliphatic heterocycles. The van der Waals surface area contributed by atoms with Gasteiger partial charge in [-0.2, -0.15) is 0 Å². The number of carbonyl (C=O) groups excluding carboxylic acids is 1. The summed E-state index contributed by atoms with van der Waals surface area (Å²) in [6, 6.07) is 0. The van der Waals surface area contributed by atoms with E-state index < -0.39 is 0 Å². The van der Waals surface area contributed by atoms with Crippen LogP contribution in [0.2, 0.25) is 0 Å². The van der Waals surface area contributed by atoms with Crippen molar-refractivity contribution < 1.29 is 4.79 Å². The highest BCUT2D eigenvalue weighted by atomic mass is 16.1. The van der Waals surface area contributed by atoms with Crippen LogP contribution in [0.25, 0.3) is 0 Å². The topological polar surface area (TPSA) is 17.1 Å². The van der Waals surface area contributed by atoms with Crippen LogP contribution >= 0.6 is 0 Å². The molecule has 1 nitrogen and oxygen atoms in total. The number of fused-ring (bicyclic) bond motifs is 1. The molecule has 1 saturated carbocycles. The number of hydrogen-bond acceptors (Lipinski definition) is 1. The van der Waals surface area contributed by atoms with Crippen molar-refractivity contribution in [1.82, 2.24) is 0 Å². The van der Waals surface area contributed by atoms with Crippen molar-refractivity contribution in [3.05, 3.63) is 12.2 Å². The largest absolute Gasteiger partial charge is 0.300 e. The predicted molar refractivity (Wildman–Crippen MR) is 48.8 cm³/mol. The Balaban J connectivity index is 2.02. The Morgan fingerprint density at radius 2 is 1.50 bits per heavy atom. The molecule has 2 atom stereocenters. The van der Waals surface area contributed by atoms with Crippen molar-refractivity contribution in [2.45, 2.75) is 38.5 Å². The smallest absolute Gasteiger partial charge is 0.133 e. The van der Waals surface area contributed by atoms with Gasteiger partial charge in [0, 0.05) is 12.8 Å². The van der Waals surface area contributed by atoms with Crippen LogP contribution in [0.1, 0.15) is 38.5 Å². The quantitative estimate of drug-likeness (QED) is 0.503. The number of Topliss-reactive ketones (excluding diaryl/α,β-unsaturated/α-hetero) is 1. The minimum absolute atomic E-state index is 0.506. The second-order valence-electron chi connectivity index (χ2n) is 4.09. The lowest BCUT2D eigenvalue weighted by Crippen LogP contribution is -2.08. The van der Waals surface area contributed by atoms with E-state index in [9.17, 15) is 4.79 Å². The molecule has 0 spiro atoms. The van der Waals surface area contributed by atoms with Crippen molar-refractivity contribution in [2.75, 3.05) is 0 Å². The van der Waals surface area contributed by atoms with Crippen molar-refractivity contribution in [2.24, 2.45) is 11.8 Å². The second kappa shape index (κ2) is 3.42. The molecule has 66 valence electrons. The van der Waals surface area contributed by atoms with Gasteiger partial charge in [-0.3, -0.25) is 4.79 Å². The molecule has 2 aliphatic rings. The Morgan fingerprint density at radius 3 is 2.00 bits per heavy atom. The van der Waals surface area contributed by atoms with Crippen molar-refractivity contribution in [3.63, 3.8) is 0 Å². The summed E-state index contributed by atoms with van der Waals surface area (Å²) in [5, 5.41) is 0. The van der Waals surface area contributed by atoms with Gasteiger partial charge in [-0.15, -0.1) is 0 Å². The maximum Gasteiger partial charge on any atom is 0.133 e. The van der Waals surface area contributed by atoms with E-state index >= 15 is 0 Å². The summed E-state index contributed by atoms with van der Waals surface area (Å²) >= 11 is 0. The van der Waals surface area contributed by atoms with Crippen LogP contribution in [-0.2, 0) is 4.79 Å². The highest BCUT2D eigenvalue weighted by molar-refractivity contribution is 5.81. The van der Waals surface area contributed by atoms with E-state index in [1.165, 1.54) is 25.7 Å². The van der Waals surface area contributed by atoms with Gasteiger partial charge >= 0.3 is 0 Å². The summed E-state index contributed by atoms with van der Waals surface area (Å²) in [7, 11) is 0. The average Bonchev–Trinajstić information content (AvgIpc) is 2.32. The fourth-order valence-corrected chi connectivity index (χ4v) is 2.53. The normalized spacial score (nSPS) is 38.5. The second-order valence-corrected chi connectivity index (χ2v) is 4.09. The van der Waals surface area contributed by atoms with Gasteiger partial charge in [0.25, 0.3) is 0 Å². The molecule has 0 aromatic rings. The minimum Gasteiger partial charge on any atom is -0.300 e. The molecule has 0 heterocycles. The van der Waals surface area contributed by atoms with E-state index in [1.807, 2.05) is 0 Å². The minimum atomic E-state index is 0.506. The number of ketones is 1. The molecule has 1 heteroatoms. The standard InChI is InChI=1S/C11H16O/c12-11-7-9-5-3-1-2-4-6-10(9)8-11/h1-2,9-10H,3-8H2/b2-1-. The fourth-order valence-electron chi connectivity index (χ4n) is 2.53. The molecule has 0 aromatic carbocycles. The van der Waals surface area contributed by atoms with Gasteiger partial charge in [-0.1, -0.05) is 12.2 Å². The number of carbonyl (C=O) groups is 1. The highest BCUT2D eigenvalue weighted by Crippen LogP contribution is 2.36. The Bertz CT molecular complexity index is 185. The molecule has 0 N–H and O–H groups in total. The molecule has 2 unspecified atom stereocenters. The van der Waals surface area contributed by atoms with Crippen LogP contribution in [-0.4, -0.2) is 5.78 Å². The van der Waals surface area contributed by atoms with Crippen molar-refractivity contribution in [1.29, 1.82) is 0 Å². The molecule has 0 saturated heterocycles. The molecular weight excluding hydrogens is 148 g/mol. The van der Waals surface area contributed by atoms with E-state index in [0.717, 1.165) is 24.7 Å². The van der Waals surface area contributed by atoms with Gasteiger partial charge in [-0.25, -0.2) is 0 Å². The lowest BCUT2D eigenvalue weighted by molar-refractivity contribution is -0.117. The SMILES string of the molecule is O=C1CC2CC/C=C\CCC2C1. The molecule has 2 aliphatic carbocycles. The van der Waals surface area contributed by atoms with Crippen molar-refractivity contribution >= 4 is 5.78 Å². The van der Waals surface area contributed by atoms with Crippen LogP contribution in [0.3, 0.4) is 0 Å². The zero-order valence-corrected chi connectivity index (χ0v) is 7.46. The molecule has 2 rings (SSSR count). The molecule has 12 heavy (non-hydrogen) atoms. The summed E-state index contributed by atoms with van der Waals surface area (Å²) < 4.78 is 0. The van der Waals surface area contributed by atoms with Crippen LogP contribution in [0.15, 0.2) is 12.2 Å². The first-order chi connectivity index (χ1) is 5.86. The maximum atomic E-state index is 11.2. The third-order valence-corrected chi connectivity index (χ3v) is 3.22. The number of hydrogen-bond donors (Lipinski definition) is 0. The van der Waals surface area contributed by atoms with E-state index in [1.54, 1.807) is 0 Å². The molecule has 1 fully saturated rings. The summed E-state index contributed by atoms with van der Waals surface area (Å²) in [6.45, 7) is 0. The highest BCUT2D eigenvalue weighted by Gasteiger charge is 2.31. The molecule has 0 aromatic heterocycles. The molecule has 0 bridgehead atoms. The van der Waals surface area contributed by atoms with Gasteiger partial charge in [-0.05, 0) is 37.5 Å². The van der Waals surface area contributed by atoms with E-state index in [2.05, 4.69) is 12.2 Å². The third kappa shape index (κ3) is 1.60. The van der Waals surface area contributed by atoms with E-state index in [0.29, 0.717) is 5.78 Å². The maximum absolute atomic E-state index is 11.2. The van der Waals surface area contributed by atoms with Crippen molar-refractivity contribution in [3.8, 4) is 0 Å². The summed E-state index contributed by atoms with van der Waals surface area (Å²) in [6.07, 6.45) is 11.2. The number of allylic oxidation sites excluding steroid dienone is 2. The Labute approximate surface area is 73.8 Å². The Kier molecular flexibility index (Phi) is 2.29. The van der Waals surface area contributed by atoms with Crippen LogP contribution in [0.4, 0.5) is 0 Å². The lowest BCUT2D eigenvalue weighted by atomic mass is 9.86. The van der Waals surface area contributed by atoms with Gasteiger partial charge in [0.2, 0.25) is 0 Å². The first-order valence-corrected chi connectivity index (χ1v) is 5.03. The zero-order chi connectivity index (χ0) is 8.39. The lowest BCUT2D eigenvalue weighted by Gasteiger charge is -2.18. The summed E-state index contributed by atoms with van der Waals surface area (Å²) in [4.78, 5) is 11.2. The van der Waals surface area contributed by atoms with Gasteiger partial charge in [0.1, 0.15) is 5.78 Å². The first kappa shape index (κ1) is 8.03. The van der Waals surface area contributed by atoms with Gasteiger partial charge in [0.15, 0.2) is 0 Å². The Hall–Kier alpha value is -0.590. The summed E-state index contributed by atoms with van der Waals surface area (Å²) in [5.74, 6) is 1.96. The van der Waals surface area contributed by atoms with E-state index in [4.69, 9.17) is 0 Å². The monoisotopic (exact) mass is 164 g/mol. The van der Waals surface area contributed by atoms with Gasteiger partial charge in [0.05, 0.1) is 0 Å². The predicted octanol–water partition coefficient (Wildman–Crippen LogP) is 2.71. The molecule has 0 amide bonds.